The van der Waals surface area contributed by atoms with Crippen LogP contribution in [0.5, 0.6) is 0 Å². The second-order valence-electron chi connectivity index (χ2n) is 3.66. The van der Waals surface area contributed by atoms with E-state index in [9.17, 15) is 0 Å². The van der Waals surface area contributed by atoms with E-state index in [0.29, 0.717) is 4.99 Å². The molecule has 0 bridgehead atoms. The zero-order chi connectivity index (χ0) is 12.3. The highest BCUT2D eigenvalue weighted by Crippen LogP contribution is 2.19. The quantitative estimate of drug-likeness (QED) is 0.810. The first-order valence-electron chi connectivity index (χ1n) is 5.09. The van der Waals surface area contributed by atoms with E-state index in [2.05, 4.69) is 15.3 Å². The highest BCUT2D eigenvalue weighted by Gasteiger charge is 2.05. The number of aromatic nitrogens is 2. The highest BCUT2D eigenvalue weighted by molar-refractivity contribution is 7.80. The third-order valence-electron chi connectivity index (χ3n) is 2.24. The van der Waals surface area contributed by atoms with Gasteiger partial charge in [0, 0.05) is 18.0 Å². The van der Waals surface area contributed by atoms with Gasteiger partial charge in [0.05, 0.1) is 23.8 Å². The lowest BCUT2D eigenvalue weighted by molar-refractivity contribution is 1.25. The van der Waals surface area contributed by atoms with Crippen molar-refractivity contribution in [3.05, 3.63) is 48.0 Å². The fourth-order valence-electron chi connectivity index (χ4n) is 1.49. The second kappa shape index (κ2) is 4.88. The van der Waals surface area contributed by atoms with Gasteiger partial charge < -0.3 is 11.1 Å². The normalized spacial score (nSPS) is 9.94. The van der Waals surface area contributed by atoms with Crippen LogP contribution in [0.1, 0.15) is 11.1 Å². The van der Waals surface area contributed by atoms with Gasteiger partial charge in [-0.25, -0.2) is 0 Å². The summed E-state index contributed by atoms with van der Waals surface area (Å²) in [5, 5.41) is 3.20. The summed E-state index contributed by atoms with van der Waals surface area (Å²) >= 11 is 4.99. The molecule has 0 unspecified atom stereocenters. The van der Waals surface area contributed by atoms with E-state index in [0.717, 1.165) is 22.5 Å². The van der Waals surface area contributed by atoms with Crippen molar-refractivity contribution >= 4 is 28.6 Å². The highest BCUT2D eigenvalue weighted by atomic mass is 32.1. The molecular weight excluding hydrogens is 232 g/mol. The number of nitrogens with zero attached hydrogens (tertiary/aromatic N) is 2. The van der Waals surface area contributed by atoms with Crippen LogP contribution in [-0.2, 0) is 0 Å². The Kier molecular flexibility index (Phi) is 3.30. The molecule has 0 fully saturated rings. The van der Waals surface area contributed by atoms with Crippen LogP contribution < -0.4 is 11.1 Å². The molecule has 2 aromatic heterocycles. The van der Waals surface area contributed by atoms with Gasteiger partial charge in [-0.3, -0.25) is 9.97 Å². The number of anilines is 2. The molecule has 0 saturated carbocycles. The lowest BCUT2D eigenvalue weighted by atomic mass is 10.2. The first kappa shape index (κ1) is 11.5. The number of thiocarbonyl (C=S) groups is 1. The van der Waals surface area contributed by atoms with Gasteiger partial charge >= 0.3 is 0 Å². The topological polar surface area (TPSA) is 63.8 Å². The summed E-state index contributed by atoms with van der Waals surface area (Å²) in [6, 6.07) is 3.78. The molecule has 3 N–H and O–H groups in total. The molecule has 5 heteroatoms. The maximum Gasteiger partial charge on any atom is 0.106 e. The first-order valence-corrected chi connectivity index (χ1v) is 5.50. The van der Waals surface area contributed by atoms with Crippen LogP contribution in [-0.4, -0.2) is 15.0 Å². The number of nitrogens with two attached hydrogens (primary N) is 1. The van der Waals surface area contributed by atoms with E-state index in [1.807, 2.05) is 13.0 Å². The zero-order valence-electron chi connectivity index (χ0n) is 9.34. The van der Waals surface area contributed by atoms with E-state index >= 15 is 0 Å². The molecule has 4 nitrogen and oxygen atoms in total. The number of aryl methyl sites for hydroxylation is 1. The maximum atomic E-state index is 5.65. The fraction of sp³-hybridized carbons (Fsp3) is 0.0833. The summed E-state index contributed by atoms with van der Waals surface area (Å²) < 4.78 is 0. The number of nitrogens with one attached hydrogen (secondary N) is 1. The third-order valence-corrected chi connectivity index (χ3v) is 2.46. The minimum absolute atomic E-state index is 0.343. The lowest BCUT2D eigenvalue weighted by Crippen LogP contribution is -2.12. The predicted octanol–water partition coefficient (Wildman–Crippen LogP) is 2.16. The standard InChI is InChI=1S/C12H12N4S/c1-8-4-9(6-15-5-8)16-11-7-14-3-2-10(11)12(13)17/h2-7,16H,1H3,(H2,13,17). The zero-order valence-corrected chi connectivity index (χ0v) is 10.2. The Hall–Kier alpha value is -2.01. The summed E-state index contributed by atoms with van der Waals surface area (Å²) in [5.74, 6) is 0. The van der Waals surface area contributed by atoms with Crippen molar-refractivity contribution in [1.29, 1.82) is 0 Å². The monoisotopic (exact) mass is 244 g/mol. The van der Waals surface area contributed by atoms with Crippen molar-refractivity contribution in [3.8, 4) is 0 Å². The van der Waals surface area contributed by atoms with Crippen LogP contribution in [0, 0.1) is 6.92 Å². The predicted molar refractivity (Wildman–Crippen MR) is 72.4 cm³/mol. The molecule has 0 saturated heterocycles. The average Bonchev–Trinajstić information content (AvgIpc) is 2.29. The van der Waals surface area contributed by atoms with Crippen molar-refractivity contribution in [2.24, 2.45) is 5.73 Å². The van der Waals surface area contributed by atoms with Crippen LogP contribution in [0.2, 0.25) is 0 Å². The molecule has 86 valence electrons. The van der Waals surface area contributed by atoms with Crippen LogP contribution in [0.15, 0.2) is 36.9 Å². The van der Waals surface area contributed by atoms with E-state index in [1.54, 1.807) is 30.9 Å². The number of pyridine rings is 2. The van der Waals surface area contributed by atoms with Gasteiger partial charge in [-0.05, 0) is 24.6 Å². The van der Waals surface area contributed by atoms with Crippen LogP contribution in [0.3, 0.4) is 0 Å². The molecule has 0 atom stereocenters. The molecule has 0 radical (unpaired) electrons. The van der Waals surface area contributed by atoms with Gasteiger partial charge in [-0.2, -0.15) is 0 Å². The van der Waals surface area contributed by atoms with Gasteiger partial charge in [-0.15, -0.1) is 0 Å². The molecule has 0 spiro atoms. The lowest BCUT2D eigenvalue weighted by Gasteiger charge is -2.10. The average molecular weight is 244 g/mol. The molecule has 2 aromatic rings. The Morgan fingerprint density at radius 2 is 2.12 bits per heavy atom. The maximum absolute atomic E-state index is 5.65. The molecular formula is C12H12N4S. The van der Waals surface area contributed by atoms with E-state index < -0.39 is 0 Å². The first-order chi connectivity index (χ1) is 8.16. The number of rotatable bonds is 3. The molecule has 0 aliphatic carbocycles. The van der Waals surface area contributed by atoms with E-state index in [4.69, 9.17) is 18.0 Å². The molecule has 2 heterocycles. The summed E-state index contributed by atoms with van der Waals surface area (Å²) in [4.78, 5) is 8.50. The van der Waals surface area contributed by atoms with Crippen LogP contribution >= 0.6 is 12.2 Å². The Morgan fingerprint density at radius 1 is 1.29 bits per heavy atom. The van der Waals surface area contributed by atoms with Crippen LogP contribution in [0.4, 0.5) is 11.4 Å². The minimum atomic E-state index is 0.343. The second-order valence-corrected chi connectivity index (χ2v) is 4.10. The molecule has 17 heavy (non-hydrogen) atoms. The minimum Gasteiger partial charge on any atom is -0.389 e. The van der Waals surface area contributed by atoms with Gasteiger partial charge in [0.15, 0.2) is 0 Å². The van der Waals surface area contributed by atoms with E-state index in [-0.39, 0.29) is 0 Å². The molecule has 0 aliphatic heterocycles. The van der Waals surface area contributed by atoms with Crippen molar-refractivity contribution in [3.63, 3.8) is 0 Å². The Labute approximate surface area is 105 Å². The SMILES string of the molecule is Cc1cncc(Nc2cnccc2C(N)=S)c1. The Bertz CT molecular complexity index is 554. The van der Waals surface area contributed by atoms with Gasteiger partial charge in [0.25, 0.3) is 0 Å². The van der Waals surface area contributed by atoms with Crippen molar-refractivity contribution in [2.45, 2.75) is 6.92 Å². The summed E-state index contributed by atoms with van der Waals surface area (Å²) in [5.41, 5.74) is 9.17. The van der Waals surface area contributed by atoms with Crippen LogP contribution in [0.25, 0.3) is 0 Å². The summed E-state index contributed by atoms with van der Waals surface area (Å²) in [6.07, 6.45) is 6.89. The van der Waals surface area contributed by atoms with Crippen molar-refractivity contribution in [1.82, 2.24) is 9.97 Å². The third kappa shape index (κ3) is 2.76. The van der Waals surface area contributed by atoms with Crippen molar-refractivity contribution < 1.29 is 0 Å². The largest absolute Gasteiger partial charge is 0.389 e. The molecule has 0 aromatic carbocycles. The number of hydrogen-bond donors (Lipinski definition) is 2. The van der Waals surface area contributed by atoms with Gasteiger partial charge in [0.1, 0.15) is 4.99 Å². The molecule has 0 amide bonds. The van der Waals surface area contributed by atoms with Gasteiger partial charge in [0.2, 0.25) is 0 Å². The fourth-order valence-corrected chi connectivity index (χ4v) is 1.67. The van der Waals surface area contributed by atoms with E-state index in [1.165, 1.54) is 0 Å². The molecule has 0 aliphatic rings. The summed E-state index contributed by atoms with van der Waals surface area (Å²) in [6.45, 7) is 1.98. The molecule has 2 rings (SSSR count). The Balaban J connectivity index is 2.33. The Morgan fingerprint density at radius 3 is 2.82 bits per heavy atom. The number of hydrogen-bond acceptors (Lipinski definition) is 4. The van der Waals surface area contributed by atoms with Crippen molar-refractivity contribution in [2.75, 3.05) is 5.32 Å². The van der Waals surface area contributed by atoms with Gasteiger partial charge in [-0.1, -0.05) is 12.2 Å². The summed E-state index contributed by atoms with van der Waals surface area (Å²) in [7, 11) is 0. The smallest absolute Gasteiger partial charge is 0.106 e.